The fourth-order valence-electron chi connectivity index (χ4n) is 1.29. The normalized spacial score (nSPS) is 9.43. The van der Waals surface area contributed by atoms with Gasteiger partial charge in [-0.05, 0) is 12.1 Å². The van der Waals surface area contributed by atoms with Crippen LogP contribution in [0.5, 0.6) is 0 Å². The number of carbonyl (C=O) groups is 1. The Bertz CT molecular complexity index is 544. The molecule has 0 atom stereocenters. The van der Waals surface area contributed by atoms with E-state index < -0.39 is 0 Å². The number of carbonyl (C=O) groups excluding carboxylic acids is 1. The van der Waals surface area contributed by atoms with E-state index >= 15 is 0 Å². The standard InChI is InChI=1S/C12H6O2/c13-8-10-6-3-5-9-4-1-2-7-11(9)12(10)14/h1-2,4,6-8H. The van der Waals surface area contributed by atoms with Crippen LogP contribution in [-0.4, -0.2) is 6.29 Å². The maximum atomic E-state index is 11.7. The number of aldehydes is 1. The third-order valence-electron chi connectivity index (χ3n) is 2.00. The lowest BCUT2D eigenvalue weighted by atomic mass is 10.2. The Kier molecular flexibility index (Phi) is 2.00. The van der Waals surface area contributed by atoms with Crippen LogP contribution in [0, 0.1) is 12.1 Å². The second-order valence-electron chi connectivity index (χ2n) is 2.86. The van der Waals surface area contributed by atoms with Crippen LogP contribution < -0.4 is 5.43 Å². The minimum atomic E-state index is -0.270. The number of hydrogen-bond acceptors (Lipinski definition) is 2. The summed E-state index contributed by atoms with van der Waals surface area (Å²) >= 11 is 0. The molecule has 2 nitrogen and oxygen atoms in total. The molecule has 0 N–H and O–H groups in total. The van der Waals surface area contributed by atoms with Crippen molar-refractivity contribution in [1.29, 1.82) is 0 Å². The molecule has 0 aliphatic carbocycles. The van der Waals surface area contributed by atoms with E-state index in [-0.39, 0.29) is 11.0 Å². The third kappa shape index (κ3) is 1.25. The summed E-state index contributed by atoms with van der Waals surface area (Å²) in [6.45, 7) is 0. The van der Waals surface area contributed by atoms with E-state index in [1.54, 1.807) is 18.2 Å². The zero-order valence-corrected chi connectivity index (χ0v) is 7.28. The van der Waals surface area contributed by atoms with Crippen LogP contribution in [-0.2, 0) is 0 Å². The van der Waals surface area contributed by atoms with Crippen LogP contribution in [0.4, 0.5) is 0 Å². The second kappa shape index (κ2) is 3.31. The van der Waals surface area contributed by atoms with Crippen molar-refractivity contribution in [3.8, 4) is 0 Å². The van der Waals surface area contributed by atoms with Crippen molar-refractivity contribution in [2.75, 3.05) is 0 Å². The summed E-state index contributed by atoms with van der Waals surface area (Å²) in [7, 11) is 0. The molecular formula is C12H6O2. The molecule has 0 aliphatic rings. The molecule has 0 spiro atoms. The van der Waals surface area contributed by atoms with Crippen LogP contribution in [0.15, 0.2) is 35.1 Å². The van der Waals surface area contributed by atoms with Gasteiger partial charge in [-0.25, -0.2) is 0 Å². The fraction of sp³-hybridized carbons (Fsp3) is 0. The van der Waals surface area contributed by atoms with Gasteiger partial charge in [0.1, 0.15) is 0 Å². The molecule has 0 heterocycles. The van der Waals surface area contributed by atoms with Gasteiger partial charge < -0.3 is 0 Å². The molecule has 0 aliphatic heterocycles. The van der Waals surface area contributed by atoms with Crippen LogP contribution in [0.1, 0.15) is 10.4 Å². The Labute approximate surface area is 80.8 Å². The first-order valence-corrected chi connectivity index (χ1v) is 4.13. The van der Waals surface area contributed by atoms with E-state index in [0.717, 1.165) is 0 Å². The highest BCUT2D eigenvalue weighted by Gasteiger charge is 1.99. The third-order valence-corrected chi connectivity index (χ3v) is 2.00. The van der Waals surface area contributed by atoms with Gasteiger partial charge in [0.25, 0.3) is 0 Å². The predicted molar refractivity (Wildman–Crippen MR) is 53.3 cm³/mol. The number of fused-ring (bicyclic) bond motifs is 1. The lowest BCUT2D eigenvalue weighted by Crippen LogP contribution is -2.04. The van der Waals surface area contributed by atoms with Crippen LogP contribution in [0.3, 0.4) is 0 Å². The summed E-state index contributed by atoms with van der Waals surface area (Å²) < 4.78 is 0. The number of benzene rings is 1. The van der Waals surface area contributed by atoms with Crippen molar-refractivity contribution >= 4 is 17.1 Å². The Hall–Kier alpha value is -2.14. The first kappa shape index (κ1) is 8.46. The summed E-state index contributed by atoms with van der Waals surface area (Å²) in [5.41, 5.74) is -0.157. The monoisotopic (exact) mass is 182 g/mol. The van der Waals surface area contributed by atoms with Gasteiger partial charge in [-0.15, -0.1) is 0 Å². The Morgan fingerprint density at radius 3 is 2.79 bits per heavy atom. The van der Waals surface area contributed by atoms with Crippen molar-refractivity contribution in [2.45, 2.75) is 0 Å². The first-order valence-electron chi connectivity index (χ1n) is 4.13. The van der Waals surface area contributed by atoms with Crippen molar-refractivity contribution < 1.29 is 4.79 Å². The number of hydrogen-bond donors (Lipinski definition) is 0. The summed E-state index contributed by atoms with van der Waals surface area (Å²) in [6.07, 6.45) is 0.541. The maximum absolute atomic E-state index is 11.7. The van der Waals surface area contributed by atoms with Crippen molar-refractivity contribution in [1.82, 2.24) is 0 Å². The molecule has 66 valence electrons. The van der Waals surface area contributed by atoms with Gasteiger partial charge in [0.15, 0.2) is 11.7 Å². The van der Waals surface area contributed by atoms with E-state index in [0.29, 0.717) is 17.1 Å². The average molecular weight is 182 g/mol. The molecule has 0 unspecified atom stereocenters. The van der Waals surface area contributed by atoms with E-state index in [9.17, 15) is 9.59 Å². The molecule has 0 saturated carbocycles. The van der Waals surface area contributed by atoms with E-state index in [2.05, 4.69) is 12.1 Å². The molecule has 0 fully saturated rings. The van der Waals surface area contributed by atoms with Gasteiger partial charge in [-0.2, -0.15) is 0 Å². The molecule has 2 heteroatoms. The Morgan fingerprint density at radius 2 is 2.00 bits per heavy atom. The van der Waals surface area contributed by atoms with E-state index in [1.165, 1.54) is 6.07 Å². The van der Waals surface area contributed by atoms with Gasteiger partial charge >= 0.3 is 0 Å². The highest BCUT2D eigenvalue weighted by Crippen LogP contribution is 2.04. The lowest BCUT2D eigenvalue weighted by Gasteiger charge is -1.86. The molecule has 0 amide bonds. The molecule has 0 aromatic heterocycles. The molecule has 0 radical (unpaired) electrons. The molecule has 2 rings (SSSR count). The zero-order chi connectivity index (χ0) is 9.97. The fourth-order valence-corrected chi connectivity index (χ4v) is 1.29. The summed E-state index contributed by atoms with van der Waals surface area (Å²) in [5, 5.41) is 1.17. The summed E-state index contributed by atoms with van der Waals surface area (Å²) in [6, 6.07) is 13.9. The van der Waals surface area contributed by atoms with Gasteiger partial charge in [-0.1, -0.05) is 24.3 Å². The molecule has 0 bridgehead atoms. The predicted octanol–water partition coefficient (Wildman–Crippen LogP) is 1.61. The maximum Gasteiger partial charge on any atom is 0.198 e. The zero-order valence-electron chi connectivity index (χ0n) is 7.28. The van der Waals surface area contributed by atoms with Gasteiger partial charge in [0.05, 0.1) is 5.56 Å². The van der Waals surface area contributed by atoms with E-state index in [1.807, 2.05) is 6.07 Å². The van der Waals surface area contributed by atoms with E-state index in [4.69, 9.17) is 0 Å². The quantitative estimate of drug-likeness (QED) is 0.628. The van der Waals surface area contributed by atoms with Crippen LogP contribution >= 0.6 is 0 Å². The second-order valence-corrected chi connectivity index (χ2v) is 2.86. The SMILES string of the molecule is O=Cc1cc#cc2ccccc2c1=O. The van der Waals surface area contributed by atoms with Gasteiger partial charge in [0.2, 0.25) is 0 Å². The lowest BCUT2D eigenvalue weighted by molar-refractivity contribution is 0.112. The minimum Gasteiger partial charge on any atom is -0.298 e. The molecule has 0 saturated heterocycles. The summed E-state index contributed by atoms with van der Waals surface area (Å²) in [5.74, 6) is 0. The Balaban J connectivity index is 3.02. The molecular weight excluding hydrogens is 176 g/mol. The first-order chi connectivity index (χ1) is 6.83. The minimum absolute atomic E-state index is 0.113. The molecule has 2 aromatic rings. The highest BCUT2D eigenvalue weighted by atomic mass is 16.1. The topological polar surface area (TPSA) is 34.1 Å². The molecule has 2 aromatic carbocycles. The Morgan fingerprint density at radius 1 is 1.21 bits per heavy atom. The average Bonchev–Trinajstić information content (AvgIpc) is 2.39. The smallest absolute Gasteiger partial charge is 0.198 e. The van der Waals surface area contributed by atoms with Crippen molar-refractivity contribution in [3.05, 3.63) is 58.3 Å². The van der Waals surface area contributed by atoms with Gasteiger partial charge in [-0.3, -0.25) is 9.59 Å². The van der Waals surface area contributed by atoms with Crippen LogP contribution in [0.2, 0.25) is 0 Å². The molecule has 14 heavy (non-hydrogen) atoms. The highest BCUT2D eigenvalue weighted by molar-refractivity contribution is 5.85. The van der Waals surface area contributed by atoms with Crippen LogP contribution in [0.25, 0.3) is 10.8 Å². The van der Waals surface area contributed by atoms with Gasteiger partial charge in [0, 0.05) is 16.8 Å². The van der Waals surface area contributed by atoms with Crippen molar-refractivity contribution in [2.24, 2.45) is 0 Å². The summed E-state index contributed by atoms with van der Waals surface area (Å²) in [4.78, 5) is 22.3. The number of rotatable bonds is 1. The van der Waals surface area contributed by atoms with Crippen molar-refractivity contribution in [3.63, 3.8) is 0 Å². The largest absolute Gasteiger partial charge is 0.298 e.